The van der Waals surface area contributed by atoms with Crippen molar-refractivity contribution >= 4 is 28.5 Å². The van der Waals surface area contributed by atoms with Crippen molar-refractivity contribution in [3.8, 4) is 0 Å². The highest BCUT2D eigenvalue weighted by Gasteiger charge is 2.34. The van der Waals surface area contributed by atoms with Gasteiger partial charge in [-0.2, -0.15) is 0 Å². The van der Waals surface area contributed by atoms with Crippen molar-refractivity contribution in [1.82, 2.24) is 15.2 Å². The van der Waals surface area contributed by atoms with Crippen molar-refractivity contribution in [3.05, 3.63) is 11.1 Å². The summed E-state index contributed by atoms with van der Waals surface area (Å²) in [6.07, 6.45) is 3.51. The molecule has 1 saturated carbocycles. The summed E-state index contributed by atoms with van der Waals surface area (Å²) in [5.41, 5.74) is 1.03. The minimum absolute atomic E-state index is 0.0498. The van der Waals surface area contributed by atoms with Crippen molar-refractivity contribution in [3.63, 3.8) is 0 Å². The molecule has 1 aliphatic heterocycles. The molecule has 1 aromatic rings. The molecule has 26 heavy (non-hydrogen) atoms. The van der Waals surface area contributed by atoms with Crippen LogP contribution in [0.15, 0.2) is 5.38 Å². The Bertz CT molecular complexity index is 626. The first-order valence-electron chi connectivity index (χ1n) is 9.11. The second kappa shape index (κ2) is 8.79. The molecule has 2 aliphatic rings. The van der Waals surface area contributed by atoms with Crippen LogP contribution in [0, 0.1) is 0 Å². The van der Waals surface area contributed by atoms with Crippen LogP contribution in [0.2, 0.25) is 0 Å². The number of carbonyl (C=O) groups excluding carboxylic acids is 1. The Hall–Kier alpha value is -1.71. The van der Waals surface area contributed by atoms with Gasteiger partial charge in [-0.1, -0.05) is 6.92 Å². The summed E-state index contributed by atoms with van der Waals surface area (Å²) in [7, 11) is 0. The molecule has 0 aromatic carbocycles. The average Bonchev–Trinajstić information content (AvgIpc) is 3.05. The predicted molar refractivity (Wildman–Crippen MR) is 98.8 cm³/mol. The smallest absolute Gasteiger partial charge is 0.321 e. The number of likely N-dealkylation sites (N-methyl/N-ethyl adjacent to an activating group) is 1. The molecule has 2 amide bonds. The summed E-state index contributed by atoms with van der Waals surface area (Å²) in [6, 6.07) is 0.0572. The van der Waals surface area contributed by atoms with E-state index in [1.807, 2.05) is 17.2 Å². The van der Waals surface area contributed by atoms with E-state index in [0.29, 0.717) is 17.6 Å². The number of hydrogen-bond donors (Lipinski definition) is 3. The van der Waals surface area contributed by atoms with Crippen molar-refractivity contribution in [2.75, 3.05) is 31.6 Å². The number of carboxylic acids is 1. The van der Waals surface area contributed by atoms with E-state index in [2.05, 4.69) is 15.6 Å². The third-order valence-corrected chi connectivity index (χ3v) is 5.87. The summed E-state index contributed by atoms with van der Waals surface area (Å²) in [5.74, 6) is -0.398. The molecule has 1 saturated heterocycles. The van der Waals surface area contributed by atoms with Gasteiger partial charge in [0.1, 0.15) is 0 Å². The van der Waals surface area contributed by atoms with Gasteiger partial charge in [0.15, 0.2) is 5.13 Å². The Labute approximate surface area is 156 Å². The minimum atomic E-state index is -0.815. The van der Waals surface area contributed by atoms with E-state index < -0.39 is 5.97 Å². The number of nitrogens with one attached hydrogen (secondary N) is 2. The number of thiazole rings is 1. The fourth-order valence-corrected chi connectivity index (χ4v) is 4.31. The summed E-state index contributed by atoms with van der Waals surface area (Å²) in [5, 5.41) is 17.3. The molecule has 3 N–H and O–H groups in total. The summed E-state index contributed by atoms with van der Waals surface area (Å²) < 4.78 is 5.37. The van der Waals surface area contributed by atoms with Gasteiger partial charge < -0.3 is 15.2 Å². The monoisotopic (exact) mass is 382 g/mol. The van der Waals surface area contributed by atoms with Gasteiger partial charge in [-0.25, -0.2) is 9.78 Å². The van der Waals surface area contributed by atoms with Crippen molar-refractivity contribution in [1.29, 1.82) is 0 Å². The van der Waals surface area contributed by atoms with Crippen LogP contribution in [0.1, 0.15) is 44.2 Å². The van der Waals surface area contributed by atoms with Crippen LogP contribution < -0.4 is 10.6 Å². The van der Waals surface area contributed by atoms with Crippen LogP contribution in [-0.4, -0.2) is 65.4 Å². The Morgan fingerprint density at radius 2 is 2.12 bits per heavy atom. The largest absolute Gasteiger partial charge is 0.480 e. The molecule has 0 spiro atoms. The van der Waals surface area contributed by atoms with Crippen LogP contribution >= 0.6 is 11.3 Å². The molecule has 0 bridgehead atoms. The lowest BCUT2D eigenvalue weighted by Gasteiger charge is -2.42. The van der Waals surface area contributed by atoms with Crippen LogP contribution in [-0.2, 0) is 9.53 Å². The molecule has 3 rings (SSSR count). The maximum atomic E-state index is 12.1. The van der Waals surface area contributed by atoms with Gasteiger partial charge in [-0.3, -0.25) is 15.0 Å². The third-order valence-electron chi connectivity index (χ3n) is 5.09. The first-order valence-corrected chi connectivity index (χ1v) is 9.99. The normalized spacial score (nSPS) is 23.5. The quantitative estimate of drug-likeness (QED) is 0.667. The molecule has 0 atom stereocenters. The molecule has 0 unspecified atom stereocenters. The van der Waals surface area contributed by atoms with Crippen LogP contribution in [0.3, 0.4) is 0 Å². The van der Waals surface area contributed by atoms with E-state index >= 15 is 0 Å². The highest BCUT2D eigenvalue weighted by Crippen LogP contribution is 2.30. The maximum Gasteiger partial charge on any atom is 0.321 e. The predicted octanol–water partition coefficient (Wildman–Crippen LogP) is 2.10. The number of aliphatic carboxylic acids is 1. The number of carbonyl (C=O) groups is 2. The minimum Gasteiger partial charge on any atom is -0.480 e. The highest BCUT2D eigenvalue weighted by molar-refractivity contribution is 7.13. The fraction of sp³-hybridized carbons (Fsp3) is 0.706. The van der Waals surface area contributed by atoms with Gasteiger partial charge in [0.05, 0.1) is 12.2 Å². The average molecular weight is 382 g/mol. The van der Waals surface area contributed by atoms with Gasteiger partial charge in [0.25, 0.3) is 0 Å². The molecule has 1 aliphatic carbocycles. The Morgan fingerprint density at radius 3 is 2.77 bits per heavy atom. The van der Waals surface area contributed by atoms with E-state index in [9.17, 15) is 9.59 Å². The van der Waals surface area contributed by atoms with Crippen LogP contribution in [0.4, 0.5) is 9.93 Å². The molecule has 9 heteroatoms. The number of rotatable bonds is 7. The molecule has 1 aromatic heterocycles. The number of aromatic nitrogens is 1. The molecular formula is C17H26N4O4S. The Morgan fingerprint density at radius 1 is 1.38 bits per heavy atom. The lowest BCUT2D eigenvalue weighted by molar-refractivity contribution is -0.139. The molecule has 2 fully saturated rings. The maximum absolute atomic E-state index is 12.1. The van der Waals surface area contributed by atoms with Gasteiger partial charge in [-0.05, 0) is 32.2 Å². The number of ether oxygens (including phenoxy) is 1. The molecular weight excluding hydrogens is 356 g/mol. The van der Waals surface area contributed by atoms with Crippen molar-refractivity contribution in [2.24, 2.45) is 0 Å². The van der Waals surface area contributed by atoms with Crippen LogP contribution in [0.5, 0.6) is 0 Å². The fourth-order valence-electron chi connectivity index (χ4n) is 3.52. The first kappa shape index (κ1) is 19.1. The van der Waals surface area contributed by atoms with Gasteiger partial charge in [-0.15, -0.1) is 11.3 Å². The zero-order valence-corrected chi connectivity index (χ0v) is 15.8. The Kier molecular flexibility index (Phi) is 6.44. The highest BCUT2D eigenvalue weighted by atomic mass is 32.1. The topological polar surface area (TPSA) is 104 Å². The zero-order valence-electron chi connectivity index (χ0n) is 14.9. The second-order valence-electron chi connectivity index (χ2n) is 6.84. The summed E-state index contributed by atoms with van der Waals surface area (Å²) in [6.45, 7) is 4.24. The van der Waals surface area contributed by atoms with Gasteiger partial charge in [0.2, 0.25) is 0 Å². The van der Waals surface area contributed by atoms with E-state index in [0.717, 1.165) is 44.6 Å². The van der Waals surface area contributed by atoms with E-state index in [1.165, 1.54) is 11.3 Å². The molecule has 0 radical (unpaired) electrons. The number of carboxylic acid groups (broad SMARTS) is 1. The van der Waals surface area contributed by atoms with Crippen LogP contribution in [0.25, 0.3) is 0 Å². The zero-order chi connectivity index (χ0) is 18.5. The standard InChI is InChI=1S/C17H26N4O4S/c1-2-21(9-15(22)23)13-7-12(8-13)18-16(24)20-17-19-14(10-26-17)11-3-5-25-6-4-11/h10-13H,2-9H2,1H3,(H,22,23)(H2,18,19,20,24). The summed E-state index contributed by atoms with van der Waals surface area (Å²) in [4.78, 5) is 29.5. The number of urea groups is 1. The van der Waals surface area contributed by atoms with Crippen molar-refractivity contribution < 1.29 is 19.4 Å². The Balaban J connectivity index is 1.41. The molecule has 144 valence electrons. The van der Waals surface area contributed by atoms with Crippen molar-refractivity contribution in [2.45, 2.75) is 50.6 Å². The number of nitrogens with zero attached hydrogens (tertiary/aromatic N) is 2. The molecule has 8 nitrogen and oxygen atoms in total. The summed E-state index contributed by atoms with van der Waals surface area (Å²) >= 11 is 1.44. The number of hydrogen-bond acceptors (Lipinski definition) is 6. The van der Waals surface area contributed by atoms with E-state index in [1.54, 1.807) is 0 Å². The lowest BCUT2D eigenvalue weighted by atomic mass is 9.85. The third kappa shape index (κ3) is 4.93. The lowest BCUT2D eigenvalue weighted by Crippen LogP contribution is -2.55. The number of amides is 2. The van der Waals surface area contributed by atoms with E-state index in [-0.39, 0.29) is 24.7 Å². The molecule has 2 heterocycles. The second-order valence-corrected chi connectivity index (χ2v) is 7.70. The van der Waals surface area contributed by atoms with E-state index in [4.69, 9.17) is 9.84 Å². The SMILES string of the molecule is CCN(CC(=O)O)C1CC(NC(=O)Nc2nc(C3CCOCC3)cs2)C1. The first-order chi connectivity index (χ1) is 12.5. The number of anilines is 1. The van der Waals surface area contributed by atoms with Gasteiger partial charge >= 0.3 is 12.0 Å². The van der Waals surface area contributed by atoms with Gasteiger partial charge in [0, 0.05) is 36.6 Å².